The highest BCUT2D eigenvalue weighted by Crippen LogP contribution is 2.31. The summed E-state index contributed by atoms with van der Waals surface area (Å²) in [5.74, 6) is -1.24. The molecule has 2 rings (SSSR count). The average Bonchev–Trinajstić information content (AvgIpc) is 2.45. The molecule has 0 saturated heterocycles. The predicted octanol–water partition coefficient (Wildman–Crippen LogP) is 1.73. The van der Waals surface area contributed by atoms with Gasteiger partial charge in [-0.05, 0) is 38.3 Å². The van der Waals surface area contributed by atoms with Crippen LogP contribution in [0.25, 0.3) is 0 Å². The van der Waals surface area contributed by atoms with E-state index in [9.17, 15) is 19.8 Å². The normalized spacial score (nSPS) is 15.5. The smallest absolute Gasteiger partial charge is 0.328 e. The number of phenols is 2. The number of esters is 1. The SMILES string of the molecule is COC(=O)C(C)N(C(=O)NC1CCC1)c1ccc(O)c(O)c1. The van der Waals surface area contributed by atoms with E-state index in [1.54, 1.807) is 0 Å². The lowest BCUT2D eigenvalue weighted by atomic mass is 9.93. The van der Waals surface area contributed by atoms with Gasteiger partial charge in [-0.3, -0.25) is 4.90 Å². The molecule has 1 aliphatic rings. The Kier molecular flexibility index (Phi) is 4.75. The van der Waals surface area contributed by atoms with Gasteiger partial charge in [-0.25, -0.2) is 9.59 Å². The van der Waals surface area contributed by atoms with Crippen LogP contribution in [-0.4, -0.2) is 41.4 Å². The zero-order valence-electron chi connectivity index (χ0n) is 12.6. The Morgan fingerprint density at radius 2 is 2.00 bits per heavy atom. The average molecular weight is 308 g/mol. The van der Waals surface area contributed by atoms with Crippen LogP contribution in [-0.2, 0) is 9.53 Å². The molecule has 7 nitrogen and oxygen atoms in total. The highest BCUT2D eigenvalue weighted by atomic mass is 16.5. The van der Waals surface area contributed by atoms with Crippen molar-refractivity contribution in [2.24, 2.45) is 0 Å². The van der Waals surface area contributed by atoms with Gasteiger partial charge in [0, 0.05) is 12.1 Å². The molecule has 0 aromatic heterocycles. The van der Waals surface area contributed by atoms with E-state index >= 15 is 0 Å². The summed E-state index contributed by atoms with van der Waals surface area (Å²) in [5.41, 5.74) is 0.296. The summed E-state index contributed by atoms with van der Waals surface area (Å²) in [5, 5.41) is 21.9. The van der Waals surface area contributed by atoms with E-state index in [1.165, 1.54) is 37.1 Å². The van der Waals surface area contributed by atoms with Gasteiger partial charge < -0.3 is 20.3 Å². The van der Waals surface area contributed by atoms with Crippen LogP contribution in [0.1, 0.15) is 26.2 Å². The standard InChI is InChI=1S/C15H20N2O5/c1-9(14(20)22-2)17(15(21)16-10-4-3-5-10)11-6-7-12(18)13(19)8-11/h6-10,18-19H,3-5H2,1-2H3,(H,16,21). The molecular weight excluding hydrogens is 288 g/mol. The molecule has 1 unspecified atom stereocenters. The quantitative estimate of drug-likeness (QED) is 0.581. The number of carbonyl (C=O) groups excluding carboxylic acids is 2. The number of ether oxygens (including phenoxy) is 1. The number of aromatic hydroxyl groups is 2. The van der Waals surface area contributed by atoms with Crippen LogP contribution < -0.4 is 10.2 Å². The third-order valence-corrected chi connectivity index (χ3v) is 3.82. The number of nitrogens with one attached hydrogen (secondary N) is 1. The molecule has 22 heavy (non-hydrogen) atoms. The number of carbonyl (C=O) groups is 2. The van der Waals surface area contributed by atoms with Crippen molar-refractivity contribution in [3.63, 3.8) is 0 Å². The van der Waals surface area contributed by atoms with Crippen LogP contribution >= 0.6 is 0 Å². The van der Waals surface area contributed by atoms with Crippen molar-refractivity contribution in [3.8, 4) is 11.5 Å². The summed E-state index contributed by atoms with van der Waals surface area (Å²) in [4.78, 5) is 25.5. The third kappa shape index (κ3) is 3.24. The van der Waals surface area contributed by atoms with Gasteiger partial charge in [0.05, 0.1) is 12.8 Å². The van der Waals surface area contributed by atoms with Crippen molar-refractivity contribution < 1.29 is 24.5 Å². The van der Waals surface area contributed by atoms with Crippen LogP contribution in [0.3, 0.4) is 0 Å². The van der Waals surface area contributed by atoms with Crippen molar-refractivity contribution in [2.45, 2.75) is 38.3 Å². The summed E-state index contributed by atoms with van der Waals surface area (Å²) in [6, 6.07) is 2.75. The summed E-state index contributed by atoms with van der Waals surface area (Å²) >= 11 is 0. The summed E-state index contributed by atoms with van der Waals surface area (Å²) < 4.78 is 4.69. The fourth-order valence-electron chi connectivity index (χ4n) is 2.25. The van der Waals surface area contributed by atoms with Crippen LogP contribution in [0.4, 0.5) is 10.5 Å². The van der Waals surface area contributed by atoms with Gasteiger partial charge >= 0.3 is 12.0 Å². The fraction of sp³-hybridized carbons (Fsp3) is 0.467. The molecular formula is C15H20N2O5. The first-order chi connectivity index (χ1) is 10.4. The Balaban J connectivity index is 2.28. The molecule has 0 aliphatic heterocycles. The van der Waals surface area contributed by atoms with E-state index in [-0.39, 0.29) is 17.5 Å². The molecule has 1 saturated carbocycles. The summed E-state index contributed by atoms with van der Waals surface area (Å²) in [7, 11) is 1.25. The van der Waals surface area contributed by atoms with Gasteiger partial charge in [0.2, 0.25) is 0 Å². The molecule has 120 valence electrons. The van der Waals surface area contributed by atoms with Crippen molar-refractivity contribution in [1.29, 1.82) is 0 Å². The molecule has 3 N–H and O–H groups in total. The van der Waals surface area contributed by atoms with E-state index in [1.807, 2.05) is 0 Å². The number of rotatable bonds is 4. The molecule has 0 bridgehead atoms. The minimum atomic E-state index is -0.867. The van der Waals surface area contributed by atoms with E-state index in [0.717, 1.165) is 19.3 Å². The number of urea groups is 1. The maximum atomic E-state index is 12.5. The summed E-state index contributed by atoms with van der Waals surface area (Å²) in [6.45, 7) is 1.54. The highest BCUT2D eigenvalue weighted by Gasteiger charge is 2.31. The van der Waals surface area contributed by atoms with Crippen LogP contribution in [0.2, 0.25) is 0 Å². The van der Waals surface area contributed by atoms with E-state index in [0.29, 0.717) is 5.69 Å². The second-order valence-corrected chi connectivity index (χ2v) is 5.32. The first kappa shape index (κ1) is 15.9. The number of methoxy groups -OCH3 is 1. The molecule has 1 fully saturated rings. The second-order valence-electron chi connectivity index (χ2n) is 5.32. The maximum absolute atomic E-state index is 12.5. The lowest BCUT2D eigenvalue weighted by molar-refractivity contribution is -0.141. The molecule has 0 spiro atoms. The molecule has 0 radical (unpaired) electrons. The van der Waals surface area contributed by atoms with Crippen LogP contribution in [0.5, 0.6) is 11.5 Å². The first-order valence-electron chi connectivity index (χ1n) is 7.13. The largest absolute Gasteiger partial charge is 0.504 e. The lowest BCUT2D eigenvalue weighted by Crippen LogP contribution is -2.52. The van der Waals surface area contributed by atoms with Gasteiger partial charge in [-0.15, -0.1) is 0 Å². The molecule has 1 aromatic rings. The molecule has 2 amide bonds. The molecule has 7 heteroatoms. The van der Waals surface area contributed by atoms with Crippen LogP contribution in [0.15, 0.2) is 18.2 Å². The van der Waals surface area contributed by atoms with Gasteiger partial charge in [-0.2, -0.15) is 0 Å². The molecule has 1 atom stereocenters. The lowest BCUT2D eigenvalue weighted by Gasteiger charge is -2.33. The van der Waals surface area contributed by atoms with Crippen LogP contribution in [0, 0.1) is 0 Å². The third-order valence-electron chi connectivity index (χ3n) is 3.82. The van der Waals surface area contributed by atoms with E-state index in [2.05, 4.69) is 5.32 Å². The Bertz CT molecular complexity index is 571. The van der Waals surface area contributed by atoms with Gasteiger partial charge in [0.1, 0.15) is 6.04 Å². The number of nitrogens with zero attached hydrogens (tertiary/aromatic N) is 1. The molecule has 0 heterocycles. The molecule has 1 aromatic carbocycles. The minimum Gasteiger partial charge on any atom is -0.504 e. The predicted molar refractivity (Wildman–Crippen MR) is 79.9 cm³/mol. The number of benzene rings is 1. The van der Waals surface area contributed by atoms with E-state index in [4.69, 9.17) is 4.74 Å². The number of hydrogen-bond acceptors (Lipinski definition) is 5. The highest BCUT2D eigenvalue weighted by molar-refractivity contribution is 5.98. The number of anilines is 1. The zero-order valence-corrected chi connectivity index (χ0v) is 12.6. The Morgan fingerprint density at radius 1 is 1.32 bits per heavy atom. The molecule has 1 aliphatic carbocycles. The van der Waals surface area contributed by atoms with Crippen molar-refractivity contribution in [1.82, 2.24) is 5.32 Å². The Morgan fingerprint density at radius 3 is 2.50 bits per heavy atom. The van der Waals surface area contributed by atoms with Crippen molar-refractivity contribution >= 4 is 17.7 Å². The second kappa shape index (κ2) is 6.55. The monoisotopic (exact) mass is 308 g/mol. The van der Waals surface area contributed by atoms with Crippen molar-refractivity contribution in [2.75, 3.05) is 12.0 Å². The van der Waals surface area contributed by atoms with Crippen molar-refractivity contribution in [3.05, 3.63) is 18.2 Å². The van der Waals surface area contributed by atoms with Gasteiger partial charge in [0.15, 0.2) is 11.5 Å². The number of amides is 2. The van der Waals surface area contributed by atoms with Gasteiger partial charge in [0.25, 0.3) is 0 Å². The van der Waals surface area contributed by atoms with E-state index < -0.39 is 18.0 Å². The Labute approximate surface area is 128 Å². The zero-order chi connectivity index (χ0) is 16.3. The summed E-state index contributed by atoms with van der Waals surface area (Å²) in [6.07, 6.45) is 2.89. The Hall–Kier alpha value is -2.44. The van der Waals surface area contributed by atoms with Gasteiger partial charge in [-0.1, -0.05) is 0 Å². The fourth-order valence-corrected chi connectivity index (χ4v) is 2.25. The number of hydrogen-bond donors (Lipinski definition) is 3. The topological polar surface area (TPSA) is 99.1 Å². The minimum absolute atomic E-state index is 0.102. The number of phenolic OH excluding ortho intramolecular Hbond substituents is 2. The first-order valence-corrected chi connectivity index (χ1v) is 7.13. The maximum Gasteiger partial charge on any atom is 0.328 e.